The van der Waals surface area contributed by atoms with Crippen LogP contribution in [0.3, 0.4) is 0 Å². The third-order valence-corrected chi connectivity index (χ3v) is 5.06. The number of carboxylic acids is 1. The summed E-state index contributed by atoms with van der Waals surface area (Å²) in [4.78, 5) is 13.2. The summed E-state index contributed by atoms with van der Waals surface area (Å²) >= 11 is 0. The predicted octanol–water partition coefficient (Wildman–Crippen LogP) is 2.10. The number of carboxylic acid groups (broad SMARTS) is 1. The highest BCUT2D eigenvalue weighted by Crippen LogP contribution is 2.41. The molecule has 2 atom stereocenters. The van der Waals surface area contributed by atoms with Crippen LogP contribution in [-0.2, 0) is 0 Å². The predicted molar refractivity (Wildman–Crippen MR) is 81.6 cm³/mol. The molecule has 2 aliphatic rings. The molecule has 2 unspecified atom stereocenters. The van der Waals surface area contributed by atoms with Gasteiger partial charge in [-0.3, -0.25) is 0 Å². The fourth-order valence-electron chi connectivity index (χ4n) is 3.75. The van der Waals surface area contributed by atoms with Crippen LogP contribution in [0.25, 0.3) is 0 Å². The smallest absolute Gasteiger partial charge is 0.337 e. The van der Waals surface area contributed by atoms with Gasteiger partial charge in [-0.15, -0.1) is 0 Å². The van der Waals surface area contributed by atoms with E-state index in [1.54, 1.807) is 12.1 Å². The standard InChI is InChI=1S/C16H22N2O3/c17-14-9-12(4-5-13(14)15(19)20)18-8-7-16(21)6-2-1-3-11(16)10-18/h4-5,9,11,21H,1-3,6-8,10,17H2,(H,19,20). The van der Waals surface area contributed by atoms with Crippen molar-refractivity contribution < 1.29 is 15.0 Å². The molecule has 0 aromatic heterocycles. The molecule has 4 N–H and O–H groups in total. The van der Waals surface area contributed by atoms with Crippen molar-refractivity contribution in [3.8, 4) is 0 Å². The molecule has 0 bridgehead atoms. The summed E-state index contributed by atoms with van der Waals surface area (Å²) in [5.74, 6) is -0.695. The number of nitrogens with two attached hydrogens (primary N) is 1. The summed E-state index contributed by atoms with van der Waals surface area (Å²) in [5, 5.41) is 19.7. The van der Waals surface area contributed by atoms with Crippen LogP contribution in [0.2, 0.25) is 0 Å². The summed E-state index contributed by atoms with van der Waals surface area (Å²) < 4.78 is 0. The van der Waals surface area contributed by atoms with Crippen molar-refractivity contribution in [2.45, 2.75) is 37.7 Å². The van der Waals surface area contributed by atoms with Crippen molar-refractivity contribution in [1.82, 2.24) is 0 Å². The molecule has 5 nitrogen and oxygen atoms in total. The molecule has 5 heteroatoms. The Kier molecular flexibility index (Phi) is 3.53. The first-order valence-corrected chi connectivity index (χ1v) is 7.60. The van der Waals surface area contributed by atoms with E-state index >= 15 is 0 Å². The second kappa shape index (κ2) is 5.22. The van der Waals surface area contributed by atoms with Gasteiger partial charge in [0.05, 0.1) is 11.2 Å². The number of hydrogen-bond acceptors (Lipinski definition) is 4. The molecule has 0 amide bonds. The van der Waals surface area contributed by atoms with Gasteiger partial charge in [0, 0.05) is 30.4 Å². The number of anilines is 2. The zero-order valence-electron chi connectivity index (χ0n) is 12.1. The van der Waals surface area contributed by atoms with Crippen molar-refractivity contribution in [3.63, 3.8) is 0 Å². The van der Waals surface area contributed by atoms with Crippen LogP contribution in [0.4, 0.5) is 11.4 Å². The lowest BCUT2D eigenvalue weighted by molar-refractivity contribution is -0.0612. The van der Waals surface area contributed by atoms with Gasteiger partial charge in [0.15, 0.2) is 0 Å². The van der Waals surface area contributed by atoms with Crippen LogP contribution in [0.15, 0.2) is 18.2 Å². The SMILES string of the molecule is Nc1cc(N2CCC3(O)CCCCC3C2)ccc1C(=O)O. The van der Waals surface area contributed by atoms with Crippen molar-refractivity contribution in [2.75, 3.05) is 23.7 Å². The average Bonchev–Trinajstić information content (AvgIpc) is 2.45. The van der Waals surface area contributed by atoms with Gasteiger partial charge < -0.3 is 20.8 Å². The first kappa shape index (κ1) is 14.2. The van der Waals surface area contributed by atoms with Crippen molar-refractivity contribution in [2.24, 2.45) is 5.92 Å². The van der Waals surface area contributed by atoms with Crippen LogP contribution >= 0.6 is 0 Å². The molecule has 1 saturated heterocycles. The van der Waals surface area contributed by atoms with Gasteiger partial charge in [-0.2, -0.15) is 0 Å². The molecule has 0 radical (unpaired) electrons. The number of piperidine rings is 1. The Balaban J connectivity index is 1.79. The number of benzene rings is 1. The molecule has 21 heavy (non-hydrogen) atoms. The Morgan fingerprint density at radius 3 is 2.86 bits per heavy atom. The second-order valence-electron chi connectivity index (χ2n) is 6.32. The van der Waals surface area contributed by atoms with Crippen LogP contribution in [0.1, 0.15) is 42.5 Å². The van der Waals surface area contributed by atoms with Gasteiger partial charge in [-0.1, -0.05) is 12.8 Å². The lowest BCUT2D eigenvalue weighted by Gasteiger charge is -2.48. The molecule has 3 rings (SSSR count). The number of aromatic carboxylic acids is 1. The number of rotatable bonds is 2. The van der Waals surface area contributed by atoms with Crippen LogP contribution in [0, 0.1) is 5.92 Å². The molecular formula is C16H22N2O3. The summed E-state index contributed by atoms with van der Waals surface area (Å²) in [7, 11) is 0. The average molecular weight is 290 g/mol. The summed E-state index contributed by atoms with van der Waals surface area (Å²) in [6, 6.07) is 5.11. The highest BCUT2D eigenvalue weighted by molar-refractivity contribution is 5.94. The maximum atomic E-state index is 11.0. The summed E-state index contributed by atoms with van der Waals surface area (Å²) in [6.07, 6.45) is 5.05. The minimum atomic E-state index is -1.00. The summed E-state index contributed by atoms with van der Waals surface area (Å²) in [5.41, 5.74) is 6.72. The molecule has 1 aliphatic heterocycles. The fraction of sp³-hybridized carbons (Fsp3) is 0.562. The number of fused-ring (bicyclic) bond motifs is 1. The number of nitrogen functional groups attached to an aromatic ring is 1. The van der Waals surface area contributed by atoms with Crippen molar-refractivity contribution >= 4 is 17.3 Å². The summed E-state index contributed by atoms with van der Waals surface area (Å²) in [6.45, 7) is 1.61. The minimum absolute atomic E-state index is 0.143. The quantitative estimate of drug-likeness (QED) is 0.726. The number of nitrogens with zero attached hydrogens (tertiary/aromatic N) is 1. The maximum absolute atomic E-state index is 11.0. The van der Waals surface area contributed by atoms with E-state index in [0.717, 1.165) is 44.5 Å². The van der Waals surface area contributed by atoms with Gasteiger partial charge in [0.1, 0.15) is 0 Å². The molecular weight excluding hydrogens is 268 g/mol. The first-order valence-electron chi connectivity index (χ1n) is 7.60. The van der Waals surface area contributed by atoms with E-state index < -0.39 is 11.6 Å². The number of aliphatic hydroxyl groups is 1. The third kappa shape index (κ3) is 2.58. The lowest BCUT2D eigenvalue weighted by Crippen LogP contribution is -2.53. The number of hydrogen-bond donors (Lipinski definition) is 3. The van der Waals surface area contributed by atoms with E-state index in [2.05, 4.69) is 4.90 Å². The van der Waals surface area contributed by atoms with Crippen LogP contribution in [-0.4, -0.2) is 34.9 Å². The fourth-order valence-corrected chi connectivity index (χ4v) is 3.75. The van der Waals surface area contributed by atoms with E-state index in [4.69, 9.17) is 10.8 Å². The second-order valence-corrected chi connectivity index (χ2v) is 6.32. The van der Waals surface area contributed by atoms with Gasteiger partial charge in [-0.25, -0.2) is 4.79 Å². The topological polar surface area (TPSA) is 86.8 Å². The van der Waals surface area contributed by atoms with E-state index in [-0.39, 0.29) is 5.56 Å². The highest BCUT2D eigenvalue weighted by Gasteiger charge is 2.42. The van der Waals surface area contributed by atoms with Crippen molar-refractivity contribution in [1.29, 1.82) is 0 Å². The maximum Gasteiger partial charge on any atom is 0.337 e. The molecule has 1 aliphatic carbocycles. The zero-order chi connectivity index (χ0) is 15.0. The van der Waals surface area contributed by atoms with Crippen LogP contribution < -0.4 is 10.6 Å². The first-order chi connectivity index (χ1) is 9.99. The molecule has 114 valence electrons. The minimum Gasteiger partial charge on any atom is -0.478 e. The Labute approximate surface area is 124 Å². The zero-order valence-corrected chi connectivity index (χ0v) is 12.1. The van der Waals surface area contributed by atoms with Gasteiger partial charge in [0.2, 0.25) is 0 Å². The Bertz CT molecular complexity index is 560. The largest absolute Gasteiger partial charge is 0.478 e. The number of carbonyl (C=O) groups is 1. The molecule has 0 spiro atoms. The van der Waals surface area contributed by atoms with Crippen molar-refractivity contribution in [3.05, 3.63) is 23.8 Å². The Morgan fingerprint density at radius 1 is 1.33 bits per heavy atom. The monoisotopic (exact) mass is 290 g/mol. The van der Waals surface area contributed by atoms with E-state index in [1.807, 2.05) is 6.07 Å². The lowest BCUT2D eigenvalue weighted by atomic mass is 9.71. The van der Waals surface area contributed by atoms with E-state index in [0.29, 0.717) is 11.6 Å². The molecule has 1 saturated carbocycles. The van der Waals surface area contributed by atoms with E-state index in [1.165, 1.54) is 6.42 Å². The normalized spacial score (nSPS) is 29.0. The van der Waals surface area contributed by atoms with Gasteiger partial charge in [-0.05, 0) is 37.5 Å². The van der Waals surface area contributed by atoms with Gasteiger partial charge in [0.25, 0.3) is 0 Å². The molecule has 1 aromatic carbocycles. The molecule has 1 heterocycles. The highest BCUT2D eigenvalue weighted by atomic mass is 16.4. The van der Waals surface area contributed by atoms with Crippen LogP contribution in [0.5, 0.6) is 0 Å². The molecule has 1 aromatic rings. The molecule has 2 fully saturated rings. The Morgan fingerprint density at radius 2 is 2.14 bits per heavy atom. The van der Waals surface area contributed by atoms with Gasteiger partial charge >= 0.3 is 5.97 Å². The third-order valence-electron chi connectivity index (χ3n) is 5.06. The van der Waals surface area contributed by atoms with E-state index in [9.17, 15) is 9.90 Å². The Hall–Kier alpha value is -1.75.